The van der Waals surface area contributed by atoms with Crippen LogP contribution in [0.25, 0.3) is 0 Å². The highest BCUT2D eigenvalue weighted by Crippen LogP contribution is 2.14. The average Bonchev–Trinajstić information content (AvgIpc) is 2.47. The van der Waals surface area contributed by atoms with Crippen LogP contribution >= 0.6 is 0 Å². The van der Waals surface area contributed by atoms with E-state index in [1.807, 2.05) is 13.8 Å². The van der Waals surface area contributed by atoms with Crippen molar-refractivity contribution < 1.29 is 13.2 Å². The van der Waals surface area contributed by atoms with E-state index in [0.717, 1.165) is 11.3 Å². The van der Waals surface area contributed by atoms with E-state index in [4.69, 9.17) is 4.74 Å². The van der Waals surface area contributed by atoms with Crippen LogP contribution in [0, 0.1) is 6.92 Å². The standard InChI is InChI=1S/C16H17NO3S/c1-3-20-15-8-6-14(7-9-15)12-17-21(18,19)16-10-4-13(2)5-11-16/h4-12H,3H2,1-2H3/b17-12-. The molecule has 0 fully saturated rings. The molecule has 0 radical (unpaired) electrons. The van der Waals surface area contributed by atoms with Crippen molar-refractivity contribution in [3.05, 3.63) is 59.7 Å². The largest absolute Gasteiger partial charge is 0.494 e. The fraction of sp³-hybridized carbons (Fsp3) is 0.188. The number of benzene rings is 2. The van der Waals surface area contributed by atoms with Crippen molar-refractivity contribution in [2.75, 3.05) is 6.61 Å². The van der Waals surface area contributed by atoms with Gasteiger partial charge in [0.1, 0.15) is 5.75 Å². The SMILES string of the molecule is CCOc1ccc(/C=N\S(=O)(=O)c2ccc(C)cc2)cc1. The van der Waals surface area contributed by atoms with E-state index in [1.54, 1.807) is 48.5 Å². The summed E-state index contributed by atoms with van der Waals surface area (Å²) in [5, 5.41) is 0. The molecule has 4 nitrogen and oxygen atoms in total. The van der Waals surface area contributed by atoms with Crippen LogP contribution in [0.5, 0.6) is 5.75 Å². The van der Waals surface area contributed by atoms with Gasteiger partial charge >= 0.3 is 0 Å². The van der Waals surface area contributed by atoms with E-state index >= 15 is 0 Å². The highest BCUT2D eigenvalue weighted by molar-refractivity contribution is 7.90. The lowest BCUT2D eigenvalue weighted by molar-refractivity contribution is 0.340. The Labute approximate surface area is 125 Å². The Morgan fingerprint density at radius 2 is 1.67 bits per heavy atom. The smallest absolute Gasteiger partial charge is 0.282 e. The summed E-state index contributed by atoms with van der Waals surface area (Å²) in [7, 11) is -3.66. The number of sulfonamides is 1. The minimum absolute atomic E-state index is 0.190. The van der Waals surface area contributed by atoms with Crippen molar-refractivity contribution >= 4 is 16.2 Å². The summed E-state index contributed by atoms with van der Waals surface area (Å²) in [5.74, 6) is 0.746. The second-order valence-electron chi connectivity index (χ2n) is 4.52. The molecule has 0 amide bonds. The molecule has 0 saturated heterocycles. The molecule has 0 aliphatic carbocycles. The molecule has 21 heavy (non-hydrogen) atoms. The average molecular weight is 303 g/mol. The highest BCUT2D eigenvalue weighted by atomic mass is 32.2. The number of hydrogen-bond acceptors (Lipinski definition) is 3. The van der Waals surface area contributed by atoms with Gasteiger partial charge in [0, 0.05) is 6.21 Å². The summed E-state index contributed by atoms with van der Waals surface area (Å²) in [5.41, 5.74) is 1.71. The van der Waals surface area contributed by atoms with E-state index in [0.29, 0.717) is 12.2 Å². The summed E-state index contributed by atoms with van der Waals surface area (Å²) >= 11 is 0. The van der Waals surface area contributed by atoms with Gasteiger partial charge in [0.15, 0.2) is 0 Å². The Hall–Kier alpha value is -2.14. The van der Waals surface area contributed by atoms with E-state index in [9.17, 15) is 8.42 Å². The summed E-state index contributed by atoms with van der Waals surface area (Å²) < 4.78 is 33.2. The molecule has 0 aromatic heterocycles. The van der Waals surface area contributed by atoms with Gasteiger partial charge in [-0.3, -0.25) is 0 Å². The van der Waals surface area contributed by atoms with Gasteiger partial charge in [0.05, 0.1) is 11.5 Å². The highest BCUT2D eigenvalue weighted by Gasteiger charge is 2.10. The van der Waals surface area contributed by atoms with Gasteiger partial charge in [-0.25, -0.2) is 0 Å². The Bertz CT molecular complexity index is 717. The van der Waals surface area contributed by atoms with Crippen LogP contribution in [0.1, 0.15) is 18.1 Å². The fourth-order valence-electron chi connectivity index (χ4n) is 1.72. The Morgan fingerprint density at radius 3 is 2.24 bits per heavy atom. The van der Waals surface area contributed by atoms with Crippen LogP contribution in [0.2, 0.25) is 0 Å². The Kier molecular flexibility index (Phi) is 4.75. The van der Waals surface area contributed by atoms with Gasteiger partial charge in [0.25, 0.3) is 10.0 Å². The monoisotopic (exact) mass is 303 g/mol. The predicted octanol–water partition coefficient (Wildman–Crippen LogP) is 3.20. The van der Waals surface area contributed by atoms with E-state index in [-0.39, 0.29) is 4.90 Å². The van der Waals surface area contributed by atoms with Gasteiger partial charge in [-0.1, -0.05) is 17.7 Å². The Morgan fingerprint density at radius 1 is 1.05 bits per heavy atom. The van der Waals surface area contributed by atoms with Crippen LogP contribution in [0.4, 0.5) is 0 Å². The molecule has 0 spiro atoms. The summed E-state index contributed by atoms with van der Waals surface area (Å²) in [6.07, 6.45) is 1.34. The molecule has 0 aliphatic heterocycles. The van der Waals surface area contributed by atoms with Crippen molar-refractivity contribution in [3.8, 4) is 5.75 Å². The number of nitrogens with zero attached hydrogens (tertiary/aromatic N) is 1. The van der Waals surface area contributed by atoms with Gasteiger partial charge < -0.3 is 4.74 Å². The molecule has 5 heteroatoms. The normalized spacial score (nSPS) is 11.7. The third-order valence-electron chi connectivity index (χ3n) is 2.85. The minimum Gasteiger partial charge on any atom is -0.494 e. The molecule has 2 aromatic carbocycles. The maximum Gasteiger partial charge on any atom is 0.282 e. The first-order valence-corrected chi connectivity index (χ1v) is 8.05. The van der Waals surface area contributed by atoms with E-state index < -0.39 is 10.0 Å². The van der Waals surface area contributed by atoms with Crippen LogP contribution in [-0.4, -0.2) is 21.2 Å². The number of hydrogen-bond donors (Lipinski definition) is 0. The van der Waals surface area contributed by atoms with Crippen molar-refractivity contribution in [2.24, 2.45) is 4.40 Å². The zero-order valence-corrected chi connectivity index (χ0v) is 12.8. The zero-order valence-electron chi connectivity index (χ0n) is 12.0. The van der Waals surface area contributed by atoms with Gasteiger partial charge in [0.2, 0.25) is 0 Å². The maximum atomic E-state index is 12.1. The van der Waals surface area contributed by atoms with Crippen LogP contribution < -0.4 is 4.74 Å². The molecule has 110 valence electrons. The van der Waals surface area contributed by atoms with Crippen LogP contribution in [0.3, 0.4) is 0 Å². The maximum absolute atomic E-state index is 12.1. The van der Waals surface area contributed by atoms with Crippen molar-refractivity contribution in [1.29, 1.82) is 0 Å². The summed E-state index contributed by atoms with van der Waals surface area (Å²) in [6, 6.07) is 13.7. The topological polar surface area (TPSA) is 55.7 Å². The van der Waals surface area contributed by atoms with Gasteiger partial charge in [-0.05, 0) is 55.8 Å². The van der Waals surface area contributed by atoms with Gasteiger partial charge in [-0.2, -0.15) is 12.8 Å². The van der Waals surface area contributed by atoms with Crippen molar-refractivity contribution in [1.82, 2.24) is 0 Å². The summed E-state index contributed by atoms with van der Waals surface area (Å²) in [4.78, 5) is 0.190. The lowest BCUT2D eigenvalue weighted by Crippen LogP contribution is -1.98. The molecule has 0 bridgehead atoms. The lowest BCUT2D eigenvalue weighted by Gasteiger charge is -2.02. The molecule has 0 aliphatic rings. The van der Waals surface area contributed by atoms with Crippen LogP contribution in [0.15, 0.2) is 57.8 Å². The molecule has 0 atom stereocenters. The lowest BCUT2D eigenvalue weighted by atomic mass is 10.2. The molecule has 0 unspecified atom stereocenters. The zero-order chi connectivity index (χ0) is 15.3. The van der Waals surface area contributed by atoms with E-state index in [2.05, 4.69) is 4.40 Å². The molecular formula is C16H17NO3S. The molecule has 0 heterocycles. The number of ether oxygens (including phenoxy) is 1. The molecule has 2 aromatic rings. The second-order valence-corrected chi connectivity index (χ2v) is 6.16. The van der Waals surface area contributed by atoms with Crippen LogP contribution in [-0.2, 0) is 10.0 Å². The first-order valence-electron chi connectivity index (χ1n) is 6.61. The summed E-state index contributed by atoms with van der Waals surface area (Å²) in [6.45, 7) is 4.40. The molecule has 0 saturated carbocycles. The molecule has 0 N–H and O–H groups in total. The predicted molar refractivity (Wildman–Crippen MR) is 83.6 cm³/mol. The first-order chi connectivity index (χ1) is 10.0. The van der Waals surface area contributed by atoms with E-state index in [1.165, 1.54) is 6.21 Å². The molecular weight excluding hydrogens is 286 g/mol. The fourth-order valence-corrected chi connectivity index (χ4v) is 2.58. The Balaban J connectivity index is 2.17. The minimum atomic E-state index is -3.66. The second kappa shape index (κ2) is 6.54. The third-order valence-corrected chi connectivity index (χ3v) is 4.10. The first kappa shape index (κ1) is 15.3. The van der Waals surface area contributed by atoms with Crippen molar-refractivity contribution in [2.45, 2.75) is 18.7 Å². The number of rotatable bonds is 5. The number of aryl methyl sites for hydroxylation is 1. The third kappa shape index (κ3) is 4.16. The van der Waals surface area contributed by atoms with Gasteiger partial charge in [-0.15, -0.1) is 0 Å². The molecule has 2 rings (SSSR count). The van der Waals surface area contributed by atoms with Crippen molar-refractivity contribution in [3.63, 3.8) is 0 Å². The quantitative estimate of drug-likeness (QED) is 0.797.